The molecule has 2 aromatic carbocycles. The molecule has 0 radical (unpaired) electrons. The molecule has 26 heavy (non-hydrogen) atoms. The molecule has 124 valence electrons. The normalized spacial score (nSPS) is 13.7. The maximum absolute atomic E-state index is 9.98. The molecule has 1 fully saturated rings. The lowest BCUT2D eigenvalue weighted by atomic mass is 9.93. The van der Waals surface area contributed by atoms with Crippen molar-refractivity contribution >= 4 is 11.0 Å². The number of benzene rings is 2. The van der Waals surface area contributed by atoms with E-state index in [4.69, 9.17) is 4.98 Å². The predicted molar refractivity (Wildman–Crippen MR) is 101 cm³/mol. The van der Waals surface area contributed by atoms with Gasteiger partial charge in [-0.3, -0.25) is 5.10 Å². The van der Waals surface area contributed by atoms with Gasteiger partial charge in [-0.1, -0.05) is 60.7 Å². The van der Waals surface area contributed by atoms with Crippen molar-refractivity contribution in [2.24, 2.45) is 0 Å². The summed E-state index contributed by atoms with van der Waals surface area (Å²) in [5.41, 5.74) is 6.17. The highest BCUT2D eigenvalue weighted by molar-refractivity contribution is 6.04. The van der Waals surface area contributed by atoms with Gasteiger partial charge < -0.3 is 0 Å². The SMILES string of the molecule is N#Cc1c(C2CC2)nc2n[nH]c(-c3ccccc3)c2c1-c1ccccc1. The predicted octanol–water partition coefficient (Wildman–Crippen LogP) is 5.04. The first-order valence-electron chi connectivity index (χ1n) is 8.79. The molecular formula is C22H16N4. The minimum absolute atomic E-state index is 0.383. The summed E-state index contributed by atoms with van der Waals surface area (Å²) in [6, 6.07) is 22.6. The van der Waals surface area contributed by atoms with Crippen molar-refractivity contribution in [3.63, 3.8) is 0 Å². The number of fused-ring (bicyclic) bond motifs is 1. The third kappa shape index (κ3) is 2.29. The van der Waals surface area contributed by atoms with Crippen molar-refractivity contribution in [3.8, 4) is 28.5 Å². The Balaban J connectivity index is 1.90. The number of H-pyrrole nitrogens is 1. The van der Waals surface area contributed by atoms with E-state index >= 15 is 0 Å². The summed E-state index contributed by atoms with van der Waals surface area (Å²) < 4.78 is 0. The molecule has 0 unspecified atom stereocenters. The van der Waals surface area contributed by atoms with Gasteiger partial charge in [0, 0.05) is 17.0 Å². The highest BCUT2D eigenvalue weighted by Crippen LogP contribution is 2.45. The molecule has 1 aliphatic carbocycles. The molecule has 2 heterocycles. The molecule has 0 aliphatic heterocycles. The fourth-order valence-corrected chi connectivity index (χ4v) is 3.55. The summed E-state index contributed by atoms with van der Waals surface area (Å²) in [4.78, 5) is 4.78. The number of nitrogens with one attached hydrogen (secondary N) is 1. The largest absolute Gasteiger partial charge is 0.275 e. The van der Waals surface area contributed by atoms with Crippen LogP contribution in [0.1, 0.15) is 30.0 Å². The third-order valence-electron chi connectivity index (χ3n) is 4.93. The molecule has 0 saturated heterocycles. The van der Waals surface area contributed by atoms with Crippen molar-refractivity contribution in [2.75, 3.05) is 0 Å². The van der Waals surface area contributed by atoms with Gasteiger partial charge in [0.25, 0.3) is 0 Å². The Hall–Kier alpha value is -3.45. The Morgan fingerprint density at radius 1 is 0.923 bits per heavy atom. The minimum atomic E-state index is 0.383. The zero-order valence-corrected chi connectivity index (χ0v) is 14.1. The first kappa shape index (κ1) is 14.9. The van der Waals surface area contributed by atoms with E-state index in [1.54, 1.807) is 0 Å². The van der Waals surface area contributed by atoms with Crippen LogP contribution in [-0.2, 0) is 0 Å². The molecule has 4 heteroatoms. The monoisotopic (exact) mass is 336 g/mol. The van der Waals surface area contributed by atoms with Gasteiger partial charge in [0.1, 0.15) is 6.07 Å². The summed E-state index contributed by atoms with van der Waals surface area (Å²) in [6.45, 7) is 0. The van der Waals surface area contributed by atoms with Crippen LogP contribution in [0, 0.1) is 11.3 Å². The fraction of sp³-hybridized carbons (Fsp3) is 0.136. The molecule has 0 amide bonds. The molecule has 1 N–H and O–H groups in total. The second kappa shape index (κ2) is 5.82. The van der Waals surface area contributed by atoms with Gasteiger partial charge in [0.15, 0.2) is 5.65 Å². The topological polar surface area (TPSA) is 65.4 Å². The van der Waals surface area contributed by atoms with Gasteiger partial charge in [-0.15, -0.1) is 0 Å². The number of pyridine rings is 1. The molecule has 4 nitrogen and oxygen atoms in total. The van der Waals surface area contributed by atoms with E-state index in [0.29, 0.717) is 17.1 Å². The van der Waals surface area contributed by atoms with E-state index in [-0.39, 0.29) is 0 Å². The van der Waals surface area contributed by atoms with Crippen molar-refractivity contribution in [3.05, 3.63) is 71.9 Å². The first-order valence-corrected chi connectivity index (χ1v) is 8.79. The molecule has 5 rings (SSSR count). The summed E-state index contributed by atoms with van der Waals surface area (Å²) >= 11 is 0. The molecule has 0 atom stereocenters. The number of hydrogen-bond acceptors (Lipinski definition) is 3. The van der Waals surface area contributed by atoms with Crippen molar-refractivity contribution in [1.29, 1.82) is 5.26 Å². The maximum Gasteiger partial charge on any atom is 0.182 e. The average molecular weight is 336 g/mol. The lowest BCUT2D eigenvalue weighted by Crippen LogP contribution is -1.98. The van der Waals surface area contributed by atoms with Crippen molar-refractivity contribution in [1.82, 2.24) is 15.2 Å². The van der Waals surface area contributed by atoms with Crippen LogP contribution in [-0.4, -0.2) is 15.2 Å². The number of nitriles is 1. The standard InChI is InChI=1S/C22H16N4/c23-13-17-18(14-7-3-1-4-8-14)19-21(15-9-5-2-6-10-15)25-26-22(19)24-20(17)16-11-12-16/h1-10,16H,11-12H2,(H,24,25,26). The van der Waals surface area contributed by atoms with Crippen LogP contribution in [0.2, 0.25) is 0 Å². The number of rotatable bonds is 3. The van der Waals surface area contributed by atoms with Crippen LogP contribution in [0.25, 0.3) is 33.4 Å². The van der Waals surface area contributed by atoms with Crippen LogP contribution in [0.15, 0.2) is 60.7 Å². The summed E-state index contributed by atoms with van der Waals surface area (Å²) in [5.74, 6) is 0.383. The quantitative estimate of drug-likeness (QED) is 0.570. The van der Waals surface area contributed by atoms with Crippen LogP contribution in [0.5, 0.6) is 0 Å². The number of aromatic amines is 1. The maximum atomic E-state index is 9.98. The summed E-state index contributed by atoms with van der Waals surface area (Å²) in [5, 5.41) is 18.5. The fourth-order valence-electron chi connectivity index (χ4n) is 3.55. The molecule has 0 bridgehead atoms. The van der Waals surface area contributed by atoms with E-state index in [9.17, 15) is 5.26 Å². The van der Waals surface area contributed by atoms with Crippen molar-refractivity contribution in [2.45, 2.75) is 18.8 Å². The van der Waals surface area contributed by atoms with Crippen LogP contribution in [0.3, 0.4) is 0 Å². The zero-order chi connectivity index (χ0) is 17.5. The van der Waals surface area contributed by atoms with Crippen LogP contribution < -0.4 is 0 Å². The van der Waals surface area contributed by atoms with E-state index in [1.165, 1.54) is 0 Å². The molecule has 0 spiro atoms. The molecule has 1 aliphatic rings. The van der Waals surface area contributed by atoms with Gasteiger partial charge in [-0.25, -0.2) is 4.98 Å². The molecular weight excluding hydrogens is 320 g/mol. The Labute approximate surface area is 151 Å². The van der Waals surface area contributed by atoms with Gasteiger partial charge in [-0.05, 0) is 18.4 Å². The zero-order valence-electron chi connectivity index (χ0n) is 14.1. The molecule has 2 aromatic heterocycles. The number of hydrogen-bond donors (Lipinski definition) is 1. The van der Waals surface area contributed by atoms with E-state index in [0.717, 1.165) is 46.3 Å². The van der Waals surface area contributed by atoms with E-state index < -0.39 is 0 Å². The second-order valence-corrected chi connectivity index (χ2v) is 6.66. The minimum Gasteiger partial charge on any atom is -0.275 e. The average Bonchev–Trinajstić information content (AvgIpc) is 3.47. The lowest BCUT2D eigenvalue weighted by molar-refractivity contribution is 1.01. The Bertz CT molecular complexity index is 1130. The van der Waals surface area contributed by atoms with Gasteiger partial charge in [-0.2, -0.15) is 10.4 Å². The second-order valence-electron chi connectivity index (χ2n) is 6.66. The number of nitrogens with zero attached hydrogens (tertiary/aromatic N) is 3. The van der Waals surface area contributed by atoms with Crippen molar-refractivity contribution < 1.29 is 0 Å². The van der Waals surface area contributed by atoms with Gasteiger partial charge >= 0.3 is 0 Å². The van der Waals surface area contributed by atoms with E-state index in [1.807, 2.05) is 60.7 Å². The van der Waals surface area contributed by atoms with E-state index in [2.05, 4.69) is 16.3 Å². The Morgan fingerprint density at radius 2 is 1.58 bits per heavy atom. The lowest BCUT2D eigenvalue weighted by Gasteiger charge is -2.11. The van der Waals surface area contributed by atoms with Crippen LogP contribution >= 0.6 is 0 Å². The van der Waals surface area contributed by atoms with Crippen LogP contribution in [0.4, 0.5) is 0 Å². The third-order valence-corrected chi connectivity index (χ3v) is 4.93. The highest BCUT2D eigenvalue weighted by atomic mass is 15.2. The summed E-state index contributed by atoms with van der Waals surface area (Å²) in [6.07, 6.45) is 2.19. The smallest absolute Gasteiger partial charge is 0.182 e. The number of aromatic nitrogens is 3. The first-order chi connectivity index (χ1) is 12.9. The molecule has 4 aromatic rings. The molecule has 1 saturated carbocycles. The highest BCUT2D eigenvalue weighted by Gasteiger charge is 2.31. The van der Waals surface area contributed by atoms with Gasteiger partial charge in [0.2, 0.25) is 0 Å². The summed E-state index contributed by atoms with van der Waals surface area (Å²) in [7, 11) is 0. The Morgan fingerprint density at radius 3 is 2.19 bits per heavy atom. The van der Waals surface area contributed by atoms with Gasteiger partial charge in [0.05, 0.1) is 22.3 Å². The Kier molecular flexibility index (Phi) is 3.32.